The number of aryl methyl sites for hydroxylation is 2. The molecule has 0 unspecified atom stereocenters. The lowest BCUT2D eigenvalue weighted by atomic mass is 10.0. The molecule has 1 heterocycles. The third kappa shape index (κ3) is 2.74. The molecule has 0 radical (unpaired) electrons. The van der Waals surface area contributed by atoms with Crippen LogP contribution in [0.3, 0.4) is 0 Å². The molecule has 21 heavy (non-hydrogen) atoms. The highest BCUT2D eigenvalue weighted by atomic mass is 79.9. The molecule has 0 aliphatic heterocycles. The molecule has 3 rings (SSSR count). The fourth-order valence-corrected chi connectivity index (χ4v) is 2.65. The molecular formula is C18H14BrNO. The molecule has 0 saturated carbocycles. The van der Waals surface area contributed by atoms with E-state index in [0.29, 0.717) is 11.1 Å². The lowest BCUT2D eigenvalue weighted by molar-refractivity contribution is 0.103. The molecule has 3 heteroatoms. The van der Waals surface area contributed by atoms with Gasteiger partial charge in [0.1, 0.15) is 0 Å². The number of hydrogen-bond donors (Lipinski definition) is 0. The summed E-state index contributed by atoms with van der Waals surface area (Å²) in [4.78, 5) is 17.0. The monoisotopic (exact) mass is 339 g/mol. The van der Waals surface area contributed by atoms with Crippen LogP contribution in [0.2, 0.25) is 0 Å². The maximum Gasteiger partial charge on any atom is 0.193 e. The second-order valence-corrected chi connectivity index (χ2v) is 6.01. The summed E-state index contributed by atoms with van der Waals surface area (Å²) in [7, 11) is 0. The fraction of sp³-hybridized carbons (Fsp3) is 0.111. The molecule has 1 aromatic heterocycles. The van der Waals surface area contributed by atoms with Gasteiger partial charge in [0.05, 0.1) is 5.52 Å². The molecule has 2 nitrogen and oxygen atoms in total. The topological polar surface area (TPSA) is 30.0 Å². The van der Waals surface area contributed by atoms with Crippen LogP contribution in [0.5, 0.6) is 0 Å². The highest BCUT2D eigenvalue weighted by molar-refractivity contribution is 9.10. The quantitative estimate of drug-likeness (QED) is 0.625. The summed E-state index contributed by atoms with van der Waals surface area (Å²) >= 11 is 3.47. The maximum absolute atomic E-state index is 12.6. The minimum atomic E-state index is 0.0261. The molecule has 2 aromatic carbocycles. The Hall–Kier alpha value is -2.00. The number of fused-ring (bicyclic) bond motifs is 1. The van der Waals surface area contributed by atoms with Crippen LogP contribution < -0.4 is 0 Å². The molecule has 0 aliphatic rings. The number of carbonyl (C=O) groups is 1. The Labute approximate surface area is 132 Å². The van der Waals surface area contributed by atoms with E-state index in [4.69, 9.17) is 0 Å². The summed E-state index contributed by atoms with van der Waals surface area (Å²) in [5, 5.41) is 0.984. The molecule has 0 bridgehead atoms. The maximum atomic E-state index is 12.6. The summed E-state index contributed by atoms with van der Waals surface area (Å²) in [5.41, 5.74) is 4.38. The lowest BCUT2D eigenvalue weighted by Crippen LogP contribution is -2.01. The second kappa shape index (κ2) is 5.41. The molecule has 0 atom stereocenters. The summed E-state index contributed by atoms with van der Waals surface area (Å²) in [6, 6.07) is 15.3. The smallest absolute Gasteiger partial charge is 0.193 e. The van der Waals surface area contributed by atoms with Crippen molar-refractivity contribution < 1.29 is 4.79 Å². The third-order valence-electron chi connectivity index (χ3n) is 3.52. The van der Waals surface area contributed by atoms with Gasteiger partial charge in [-0.05, 0) is 49.7 Å². The van der Waals surface area contributed by atoms with Gasteiger partial charge in [0, 0.05) is 26.7 Å². The Kier molecular flexibility index (Phi) is 3.60. The molecule has 104 valence electrons. The second-order valence-electron chi connectivity index (χ2n) is 5.15. The Bertz CT molecular complexity index is 855. The Morgan fingerprint density at radius 3 is 2.43 bits per heavy atom. The Morgan fingerprint density at radius 1 is 0.952 bits per heavy atom. The molecule has 0 spiro atoms. The van der Waals surface area contributed by atoms with Crippen molar-refractivity contribution in [2.45, 2.75) is 13.8 Å². The van der Waals surface area contributed by atoms with E-state index in [-0.39, 0.29) is 5.78 Å². The van der Waals surface area contributed by atoms with Crippen molar-refractivity contribution in [3.63, 3.8) is 0 Å². The van der Waals surface area contributed by atoms with E-state index in [0.717, 1.165) is 26.6 Å². The minimum absolute atomic E-state index is 0.0261. The molecule has 0 amide bonds. The van der Waals surface area contributed by atoms with Gasteiger partial charge in [0.15, 0.2) is 5.78 Å². The predicted octanol–water partition coefficient (Wildman–Crippen LogP) is 4.85. The van der Waals surface area contributed by atoms with Gasteiger partial charge < -0.3 is 0 Å². The van der Waals surface area contributed by atoms with Crippen LogP contribution >= 0.6 is 15.9 Å². The zero-order chi connectivity index (χ0) is 15.0. The van der Waals surface area contributed by atoms with Crippen LogP contribution in [-0.2, 0) is 0 Å². The molecule has 0 N–H and O–H groups in total. The van der Waals surface area contributed by atoms with Crippen LogP contribution in [0.4, 0.5) is 0 Å². The standard InChI is InChI=1S/C18H14BrNO/c1-11-3-5-15(10-16(11)19)18(21)14-7-8-17-13(9-14)6-4-12(2)20-17/h3-10H,1-2H3. The van der Waals surface area contributed by atoms with E-state index in [2.05, 4.69) is 20.9 Å². The van der Waals surface area contributed by atoms with E-state index in [1.165, 1.54) is 0 Å². The average Bonchev–Trinajstić information content (AvgIpc) is 2.49. The first-order valence-electron chi connectivity index (χ1n) is 6.73. The van der Waals surface area contributed by atoms with Crippen molar-refractivity contribution in [2.24, 2.45) is 0 Å². The van der Waals surface area contributed by atoms with Gasteiger partial charge >= 0.3 is 0 Å². The number of benzene rings is 2. The van der Waals surface area contributed by atoms with Gasteiger partial charge in [-0.1, -0.05) is 34.1 Å². The van der Waals surface area contributed by atoms with Crippen molar-refractivity contribution in [1.29, 1.82) is 0 Å². The number of rotatable bonds is 2. The summed E-state index contributed by atoms with van der Waals surface area (Å²) in [6.45, 7) is 3.96. The van der Waals surface area contributed by atoms with E-state index >= 15 is 0 Å². The molecule has 0 aliphatic carbocycles. The van der Waals surface area contributed by atoms with Crippen molar-refractivity contribution in [2.75, 3.05) is 0 Å². The molecule has 0 saturated heterocycles. The van der Waals surface area contributed by atoms with Gasteiger partial charge in [-0.2, -0.15) is 0 Å². The zero-order valence-electron chi connectivity index (χ0n) is 11.9. The first-order chi connectivity index (χ1) is 10.0. The zero-order valence-corrected chi connectivity index (χ0v) is 13.4. The van der Waals surface area contributed by atoms with Crippen LogP contribution in [0, 0.1) is 13.8 Å². The van der Waals surface area contributed by atoms with Gasteiger partial charge in [0.2, 0.25) is 0 Å². The van der Waals surface area contributed by atoms with E-state index in [1.54, 1.807) is 0 Å². The van der Waals surface area contributed by atoms with Crippen molar-refractivity contribution in [3.05, 3.63) is 75.4 Å². The van der Waals surface area contributed by atoms with Crippen molar-refractivity contribution >= 4 is 32.6 Å². The van der Waals surface area contributed by atoms with E-state index < -0.39 is 0 Å². The Morgan fingerprint density at radius 2 is 1.67 bits per heavy atom. The number of nitrogens with zero attached hydrogens (tertiary/aromatic N) is 1. The van der Waals surface area contributed by atoms with Crippen molar-refractivity contribution in [1.82, 2.24) is 4.98 Å². The van der Waals surface area contributed by atoms with Gasteiger partial charge in [0.25, 0.3) is 0 Å². The normalized spacial score (nSPS) is 10.8. The van der Waals surface area contributed by atoms with Crippen molar-refractivity contribution in [3.8, 4) is 0 Å². The molecule has 3 aromatic rings. The predicted molar refractivity (Wildman–Crippen MR) is 88.8 cm³/mol. The highest BCUT2D eigenvalue weighted by Crippen LogP contribution is 2.21. The first-order valence-corrected chi connectivity index (χ1v) is 7.52. The largest absolute Gasteiger partial charge is 0.289 e. The van der Waals surface area contributed by atoms with Crippen LogP contribution in [0.1, 0.15) is 27.2 Å². The van der Waals surface area contributed by atoms with Crippen LogP contribution in [0.15, 0.2) is 53.0 Å². The van der Waals surface area contributed by atoms with Gasteiger partial charge in [-0.25, -0.2) is 0 Å². The highest BCUT2D eigenvalue weighted by Gasteiger charge is 2.11. The minimum Gasteiger partial charge on any atom is -0.289 e. The molecular weight excluding hydrogens is 326 g/mol. The van der Waals surface area contributed by atoms with E-state index in [9.17, 15) is 4.79 Å². The molecule has 0 fully saturated rings. The summed E-state index contributed by atoms with van der Waals surface area (Å²) < 4.78 is 0.950. The number of carbonyl (C=O) groups excluding carboxylic acids is 1. The fourth-order valence-electron chi connectivity index (χ4n) is 2.27. The number of halogens is 1. The lowest BCUT2D eigenvalue weighted by Gasteiger charge is -2.05. The van der Waals surface area contributed by atoms with Crippen LogP contribution in [-0.4, -0.2) is 10.8 Å². The average molecular weight is 340 g/mol. The third-order valence-corrected chi connectivity index (χ3v) is 4.38. The summed E-state index contributed by atoms with van der Waals surface area (Å²) in [6.07, 6.45) is 0. The van der Waals surface area contributed by atoms with Gasteiger partial charge in [-0.15, -0.1) is 0 Å². The Balaban J connectivity index is 2.04. The number of ketones is 1. The number of hydrogen-bond acceptors (Lipinski definition) is 2. The summed E-state index contributed by atoms with van der Waals surface area (Å²) in [5.74, 6) is 0.0261. The number of aromatic nitrogens is 1. The first kappa shape index (κ1) is 14.0. The van der Waals surface area contributed by atoms with Crippen LogP contribution in [0.25, 0.3) is 10.9 Å². The van der Waals surface area contributed by atoms with Gasteiger partial charge in [-0.3, -0.25) is 9.78 Å². The number of pyridine rings is 1. The van der Waals surface area contributed by atoms with E-state index in [1.807, 2.05) is 62.4 Å². The SMILES string of the molecule is Cc1ccc2cc(C(=O)c3ccc(C)c(Br)c3)ccc2n1.